The maximum atomic E-state index is 11.4. The van der Waals surface area contributed by atoms with E-state index >= 15 is 0 Å². The molecule has 1 aromatic rings. The van der Waals surface area contributed by atoms with Crippen LogP contribution in [0, 0.1) is 0 Å². The van der Waals surface area contributed by atoms with E-state index in [1.54, 1.807) is 7.05 Å². The SMILES string of the molecule is Cn1cc(Cl)c(C(C)(C)C(=O)O)cc1=O. The number of hydrogen-bond donors (Lipinski definition) is 1. The second-order valence-electron chi connectivity index (χ2n) is 3.91. The first-order valence-electron chi connectivity index (χ1n) is 4.37. The van der Waals surface area contributed by atoms with Gasteiger partial charge in [-0.25, -0.2) is 0 Å². The number of aliphatic carboxylic acids is 1. The van der Waals surface area contributed by atoms with Crippen molar-refractivity contribution in [2.75, 3.05) is 0 Å². The molecule has 1 N–H and O–H groups in total. The van der Waals surface area contributed by atoms with Gasteiger partial charge in [-0.15, -0.1) is 0 Å². The van der Waals surface area contributed by atoms with Gasteiger partial charge in [0.05, 0.1) is 10.4 Å². The highest BCUT2D eigenvalue weighted by atomic mass is 35.5. The van der Waals surface area contributed by atoms with Gasteiger partial charge in [-0.1, -0.05) is 11.6 Å². The number of halogens is 1. The predicted octanol–water partition coefficient (Wildman–Crippen LogP) is 1.40. The molecule has 5 heteroatoms. The molecule has 0 saturated heterocycles. The van der Waals surface area contributed by atoms with Crippen LogP contribution in [0.3, 0.4) is 0 Å². The minimum absolute atomic E-state index is 0.274. The molecule has 1 rings (SSSR count). The first kappa shape index (κ1) is 11.8. The number of pyridine rings is 1. The summed E-state index contributed by atoms with van der Waals surface area (Å²) in [5.41, 5.74) is -1.10. The van der Waals surface area contributed by atoms with Crippen molar-refractivity contribution in [1.29, 1.82) is 0 Å². The van der Waals surface area contributed by atoms with Gasteiger partial charge in [0.25, 0.3) is 5.56 Å². The fourth-order valence-electron chi connectivity index (χ4n) is 1.19. The molecule has 0 amide bonds. The van der Waals surface area contributed by atoms with E-state index in [0.717, 1.165) is 0 Å². The van der Waals surface area contributed by atoms with Crippen LogP contribution in [-0.2, 0) is 17.3 Å². The number of nitrogens with zero attached hydrogens (tertiary/aromatic N) is 1. The second kappa shape index (κ2) is 3.70. The zero-order valence-electron chi connectivity index (χ0n) is 8.74. The van der Waals surface area contributed by atoms with Crippen LogP contribution < -0.4 is 5.56 Å². The van der Waals surface area contributed by atoms with Crippen molar-refractivity contribution in [1.82, 2.24) is 4.57 Å². The number of aryl methyl sites for hydroxylation is 1. The van der Waals surface area contributed by atoms with Crippen LogP contribution in [0.4, 0.5) is 0 Å². The summed E-state index contributed by atoms with van der Waals surface area (Å²) in [6, 6.07) is 1.26. The molecule has 0 spiro atoms. The Morgan fingerprint density at radius 3 is 2.53 bits per heavy atom. The summed E-state index contributed by atoms with van der Waals surface area (Å²) in [6.07, 6.45) is 1.42. The Balaban J connectivity index is 3.45. The summed E-state index contributed by atoms with van der Waals surface area (Å²) in [7, 11) is 1.56. The highest BCUT2D eigenvalue weighted by Gasteiger charge is 2.32. The van der Waals surface area contributed by atoms with Gasteiger partial charge in [-0.05, 0) is 19.4 Å². The highest BCUT2D eigenvalue weighted by molar-refractivity contribution is 6.31. The number of carboxylic acids is 1. The van der Waals surface area contributed by atoms with Crippen molar-refractivity contribution in [2.24, 2.45) is 7.05 Å². The molecule has 1 aromatic heterocycles. The third-order valence-corrected chi connectivity index (χ3v) is 2.69. The molecule has 4 nitrogen and oxygen atoms in total. The minimum atomic E-state index is -1.16. The van der Waals surface area contributed by atoms with Gasteiger partial charge >= 0.3 is 5.97 Å². The predicted molar refractivity (Wildman–Crippen MR) is 57.4 cm³/mol. The summed E-state index contributed by atoms with van der Waals surface area (Å²) < 4.78 is 1.31. The highest BCUT2D eigenvalue weighted by Crippen LogP contribution is 2.28. The van der Waals surface area contributed by atoms with Gasteiger partial charge < -0.3 is 9.67 Å². The van der Waals surface area contributed by atoms with Crippen LogP contribution in [0.15, 0.2) is 17.1 Å². The van der Waals surface area contributed by atoms with Gasteiger partial charge in [0.2, 0.25) is 0 Å². The quantitative estimate of drug-likeness (QED) is 0.834. The van der Waals surface area contributed by atoms with Gasteiger partial charge in [0.15, 0.2) is 0 Å². The first-order valence-corrected chi connectivity index (χ1v) is 4.74. The molecular weight excluding hydrogens is 218 g/mol. The van der Waals surface area contributed by atoms with Crippen molar-refractivity contribution in [3.8, 4) is 0 Å². The van der Waals surface area contributed by atoms with E-state index in [-0.39, 0.29) is 10.6 Å². The summed E-state index contributed by atoms with van der Waals surface area (Å²) >= 11 is 5.91. The lowest BCUT2D eigenvalue weighted by Crippen LogP contribution is -2.31. The molecule has 0 aliphatic rings. The number of aromatic nitrogens is 1. The Labute approximate surface area is 92.1 Å². The fourth-order valence-corrected chi connectivity index (χ4v) is 1.63. The van der Waals surface area contributed by atoms with Crippen molar-refractivity contribution >= 4 is 17.6 Å². The fraction of sp³-hybridized carbons (Fsp3) is 0.400. The molecule has 0 saturated carbocycles. The standard InChI is InChI=1S/C10H12ClNO3/c1-10(2,9(14)15)6-4-8(13)12(3)5-7(6)11/h4-5H,1-3H3,(H,14,15). The molecule has 0 fully saturated rings. The lowest BCUT2D eigenvalue weighted by molar-refractivity contribution is -0.142. The molecule has 15 heavy (non-hydrogen) atoms. The van der Waals surface area contributed by atoms with E-state index in [9.17, 15) is 9.59 Å². The molecule has 1 heterocycles. The topological polar surface area (TPSA) is 59.3 Å². The van der Waals surface area contributed by atoms with E-state index < -0.39 is 11.4 Å². The van der Waals surface area contributed by atoms with Crippen LogP contribution in [0.2, 0.25) is 5.02 Å². The Morgan fingerprint density at radius 2 is 2.07 bits per heavy atom. The van der Waals surface area contributed by atoms with Crippen molar-refractivity contribution in [3.05, 3.63) is 33.2 Å². The summed E-state index contributed by atoms with van der Waals surface area (Å²) in [6.45, 7) is 3.02. The van der Waals surface area contributed by atoms with E-state index in [4.69, 9.17) is 16.7 Å². The average molecular weight is 230 g/mol. The Bertz CT molecular complexity index is 462. The maximum absolute atomic E-state index is 11.4. The minimum Gasteiger partial charge on any atom is -0.481 e. The molecule has 0 aliphatic carbocycles. The van der Waals surface area contributed by atoms with Crippen LogP contribution in [0.1, 0.15) is 19.4 Å². The van der Waals surface area contributed by atoms with Crippen LogP contribution >= 0.6 is 11.6 Å². The summed E-state index contributed by atoms with van der Waals surface area (Å²) in [4.78, 5) is 22.4. The van der Waals surface area contributed by atoms with E-state index in [1.165, 1.54) is 30.7 Å². The van der Waals surface area contributed by atoms with Crippen LogP contribution in [0.5, 0.6) is 0 Å². The monoisotopic (exact) mass is 229 g/mol. The van der Waals surface area contributed by atoms with E-state index in [2.05, 4.69) is 0 Å². The molecule has 0 bridgehead atoms. The molecule has 0 aromatic carbocycles. The maximum Gasteiger partial charge on any atom is 0.313 e. The van der Waals surface area contributed by atoms with Gasteiger partial charge in [0, 0.05) is 19.3 Å². The van der Waals surface area contributed by atoms with Gasteiger partial charge in [-0.2, -0.15) is 0 Å². The number of rotatable bonds is 2. The van der Waals surface area contributed by atoms with Crippen molar-refractivity contribution in [2.45, 2.75) is 19.3 Å². The van der Waals surface area contributed by atoms with Crippen molar-refractivity contribution in [3.63, 3.8) is 0 Å². The third-order valence-electron chi connectivity index (χ3n) is 2.39. The molecule has 0 aliphatic heterocycles. The summed E-state index contributed by atoms with van der Waals surface area (Å²) in [5.74, 6) is -1.02. The lowest BCUT2D eigenvalue weighted by atomic mass is 9.85. The normalized spacial score (nSPS) is 11.5. The van der Waals surface area contributed by atoms with E-state index in [0.29, 0.717) is 5.56 Å². The zero-order chi connectivity index (χ0) is 11.8. The average Bonchev–Trinajstić information content (AvgIpc) is 2.10. The smallest absolute Gasteiger partial charge is 0.313 e. The molecule has 0 radical (unpaired) electrons. The van der Waals surface area contributed by atoms with Crippen LogP contribution in [-0.4, -0.2) is 15.6 Å². The molecular formula is C10H12ClNO3. The van der Waals surface area contributed by atoms with Gasteiger partial charge in [0.1, 0.15) is 0 Å². The lowest BCUT2D eigenvalue weighted by Gasteiger charge is -2.20. The zero-order valence-corrected chi connectivity index (χ0v) is 9.50. The Hall–Kier alpha value is -1.29. The van der Waals surface area contributed by atoms with Gasteiger partial charge in [-0.3, -0.25) is 9.59 Å². The second-order valence-corrected chi connectivity index (χ2v) is 4.32. The largest absolute Gasteiger partial charge is 0.481 e. The molecule has 0 unspecified atom stereocenters. The number of carboxylic acid groups (broad SMARTS) is 1. The third kappa shape index (κ3) is 2.04. The van der Waals surface area contributed by atoms with Crippen molar-refractivity contribution < 1.29 is 9.90 Å². The molecule has 82 valence electrons. The molecule has 0 atom stereocenters. The number of hydrogen-bond acceptors (Lipinski definition) is 2. The van der Waals surface area contributed by atoms with Crippen LogP contribution in [0.25, 0.3) is 0 Å². The summed E-state index contributed by atoms with van der Waals surface area (Å²) in [5, 5.41) is 9.29. The number of carbonyl (C=O) groups is 1. The Kier molecular flexibility index (Phi) is 2.90. The first-order chi connectivity index (χ1) is 6.76. The van der Waals surface area contributed by atoms with E-state index in [1.807, 2.05) is 0 Å². The Morgan fingerprint density at radius 1 is 1.53 bits per heavy atom.